The van der Waals surface area contributed by atoms with Gasteiger partial charge in [0.1, 0.15) is 0 Å². The molecule has 116 valence electrons. The molecule has 4 nitrogen and oxygen atoms in total. The van der Waals surface area contributed by atoms with E-state index >= 15 is 0 Å². The molecule has 0 spiro atoms. The molecule has 2 atom stereocenters. The summed E-state index contributed by atoms with van der Waals surface area (Å²) in [5.41, 5.74) is 2.05. The molecule has 1 aliphatic rings. The number of pyridine rings is 1. The van der Waals surface area contributed by atoms with E-state index in [1.54, 1.807) is 18.3 Å². The van der Waals surface area contributed by atoms with Gasteiger partial charge in [0.2, 0.25) is 10.0 Å². The maximum absolute atomic E-state index is 12.5. The van der Waals surface area contributed by atoms with E-state index in [0.29, 0.717) is 29.7 Å². The van der Waals surface area contributed by atoms with Gasteiger partial charge in [0.25, 0.3) is 0 Å². The highest BCUT2D eigenvalue weighted by atomic mass is 32.2. The lowest BCUT2D eigenvalue weighted by Crippen LogP contribution is -2.27. The van der Waals surface area contributed by atoms with Crippen molar-refractivity contribution < 1.29 is 8.42 Å². The third-order valence-corrected chi connectivity index (χ3v) is 5.74. The lowest BCUT2D eigenvalue weighted by Gasteiger charge is -2.10. The highest BCUT2D eigenvalue weighted by Gasteiger charge is 2.39. The topological polar surface area (TPSA) is 59.1 Å². The van der Waals surface area contributed by atoms with Crippen molar-refractivity contribution in [2.45, 2.75) is 30.6 Å². The zero-order chi connectivity index (χ0) is 15.6. The van der Waals surface area contributed by atoms with Crippen molar-refractivity contribution in [3.63, 3.8) is 0 Å². The second kappa shape index (κ2) is 6.18. The van der Waals surface area contributed by atoms with Crippen molar-refractivity contribution in [2.75, 3.05) is 6.54 Å². The molecule has 1 fully saturated rings. The van der Waals surface area contributed by atoms with Gasteiger partial charge in [-0.05, 0) is 47.9 Å². The summed E-state index contributed by atoms with van der Waals surface area (Å²) in [6.45, 7) is 2.45. The number of benzene rings is 1. The van der Waals surface area contributed by atoms with Crippen LogP contribution in [0.4, 0.5) is 0 Å². The number of hydrogen-bond donors (Lipinski definition) is 1. The van der Waals surface area contributed by atoms with Gasteiger partial charge in [-0.2, -0.15) is 0 Å². The minimum absolute atomic E-state index is 0.368. The van der Waals surface area contributed by atoms with Gasteiger partial charge in [0, 0.05) is 18.9 Å². The molecule has 5 heteroatoms. The van der Waals surface area contributed by atoms with Gasteiger partial charge in [-0.25, -0.2) is 13.1 Å². The molecule has 1 heterocycles. The Bertz CT molecular complexity index is 744. The summed E-state index contributed by atoms with van der Waals surface area (Å²) < 4.78 is 27.7. The number of aromatic nitrogens is 1. The van der Waals surface area contributed by atoms with Gasteiger partial charge in [0.05, 0.1) is 4.90 Å². The molecule has 0 saturated heterocycles. The monoisotopic (exact) mass is 316 g/mol. The van der Waals surface area contributed by atoms with Gasteiger partial charge >= 0.3 is 0 Å². The molecule has 0 aliphatic heterocycles. The number of hydrogen-bond acceptors (Lipinski definition) is 3. The van der Waals surface area contributed by atoms with Crippen molar-refractivity contribution in [3.05, 3.63) is 59.9 Å². The summed E-state index contributed by atoms with van der Waals surface area (Å²) in [6, 6.07) is 11.2. The number of sulfonamides is 1. The summed E-state index contributed by atoms with van der Waals surface area (Å²) in [7, 11) is -3.43. The van der Waals surface area contributed by atoms with E-state index in [2.05, 4.69) is 15.8 Å². The van der Waals surface area contributed by atoms with Crippen LogP contribution in [-0.4, -0.2) is 19.9 Å². The molecular weight excluding hydrogens is 296 g/mol. The molecule has 2 aromatic rings. The first-order valence-electron chi connectivity index (χ1n) is 7.59. The number of nitrogens with one attached hydrogen (secondary N) is 1. The van der Waals surface area contributed by atoms with Crippen molar-refractivity contribution in [2.24, 2.45) is 5.92 Å². The molecule has 0 bridgehead atoms. The van der Waals surface area contributed by atoms with Crippen LogP contribution < -0.4 is 4.72 Å². The zero-order valence-corrected chi connectivity index (χ0v) is 13.4. The van der Waals surface area contributed by atoms with Crippen LogP contribution >= 0.6 is 0 Å². The van der Waals surface area contributed by atoms with Gasteiger partial charge < -0.3 is 0 Å². The Balaban J connectivity index is 1.65. The predicted molar refractivity (Wildman–Crippen MR) is 86.1 cm³/mol. The zero-order valence-electron chi connectivity index (χ0n) is 12.6. The molecule has 0 radical (unpaired) electrons. The molecule has 1 aliphatic carbocycles. The number of rotatable bonds is 6. The van der Waals surface area contributed by atoms with Crippen molar-refractivity contribution >= 4 is 10.0 Å². The van der Waals surface area contributed by atoms with Crippen LogP contribution in [0.2, 0.25) is 0 Å². The third kappa shape index (κ3) is 3.20. The second-order valence-electron chi connectivity index (χ2n) is 5.70. The van der Waals surface area contributed by atoms with Crippen LogP contribution in [0.5, 0.6) is 0 Å². The van der Waals surface area contributed by atoms with Crippen LogP contribution in [0.25, 0.3) is 0 Å². The van der Waals surface area contributed by atoms with E-state index in [1.807, 2.05) is 31.3 Å². The molecule has 0 amide bonds. The lowest BCUT2D eigenvalue weighted by molar-refractivity contribution is 0.575. The van der Waals surface area contributed by atoms with E-state index < -0.39 is 10.0 Å². The Morgan fingerprint density at radius 2 is 2.05 bits per heavy atom. The molecule has 3 rings (SSSR count). The van der Waals surface area contributed by atoms with Crippen molar-refractivity contribution in [1.29, 1.82) is 0 Å². The standard InChI is InChI=1S/C17H20N2O2S/c1-2-13-6-3-4-8-17(13)22(20,21)19-12-15-10-16(15)14-7-5-9-18-11-14/h3-9,11,15-16,19H,2,10,12H2,1H3/t15-,16-/m0/s1. The van der Waals surface area contributed by atoms with E-state index in [9.17, 15) is 8.42 Å². The fourth-order valence-electron chi connectivity index (χ4n) is 2.83. The van der Waals surface area contributed by atoms with Crippen LogP contribution in [0, 0.1) is 5.92 Å². The van der Waals surface area contributed by atoms with Crippen molar-refractivity contribution in [1.82, 2.24) is 9.71 Å². The minimum atomic E-state index is -3.43. The fourth-order valence-corrected chi connectivity index (χ4v) is 4.23. The molecule has 1 aromatic heterocycles. The average molecular weight is 316 g/mol. The molecule has 22 heavy (non-hydrogen) atoms. The van der Waals surface area contributed by atoms with Gasteiger partial charge in [-0.3, -0.25) is 4.98 Å². The molecule has 1 saturated carbocycles. The molecular formula is C17H20N2O2S. The predicted octanol–water partition coefficient (Wildman–Crippen LogP) is 2.73. The number of nitrogens with zero attached hydrogens (tertiary/aromatic N) is 1. The highest BCUT2D eigenvalue weighted by Crippen LogP contribution is 2.46. The summed E-state index contributed by atoms with van der Waals surface area (Å²) in [4.78, 5) is 4.52. The summed E-state index contributed by atoms with van der Waals surface area (Å²) in [5.74, 6) is 0.797. The van der Waals surface area contributed by atoms with Gasteiger partial charge in [-0.15, -0.1) is 0 Å². The first kappa shape index (κ1) is 15.2. The van der Waals surface area contributed by atoms with E-state index in [-0.39, 0.29) is 0 Å². The van der Waals surface area contributed by atoms with E-state index in [0.717, 1.165) is 12.0 Å². The summed E-state index contributed by atoms with van der Waals surface area (Å²) >= 11 is 0. The van der Waals surface area contributed by atoms with Gasteiger partial charge in [0.15, 0.2) is 0 Å². The second-order valence-corrected chi connectivity index (χ2v) is 7.44. The summed E-state index contributed by atoms with van der Waals surface area (Å²) in [5, 5.41) is 0. The lowest BCUT2D eigenvalue weighted by atomic mass is 10.1. The Kier molecular flexibility index (Phi) is 4.27. The molecule has 1 aromatic carbocycles. The Morgan fingerprint density at radius 1 is 1.23 bits per heavy atom. The van der Waals surface area contributed by atoms with E-state index in [4.69, 9.17) is 0 Å². The molecule has 1 N–H and O–H groups in total. The quantitative estimate of drug-likeness (QED) is 0.891. The fraction of sp³-hybridized carbons (Fsp3) is 0.353. The van der Waals surface area contributed by atoms with Crippen LogP contribution in [0.1, 0.15) is 30.4 Å². The Morgan fingerprint density at radius 3 is 2.77 bits per heavy atom. The maximum atomic E-state index is 12.5. The third-order valence-electron chi connectivity index (χ3n) is 4.21. The van der Waals surface area contributed by atoms with Crippen LogP contribution in [-0.2, 0) is 16.4 Å². The first-order chi connectivity index (χ1) is 10.6. The minimum Gasteiger partial charge on any atom is -0.264 e. The normalized spacial score (nSPS) is 20.8. The largest absolute Gasteiger partial charge is 0.264 e. The van der Waals surface area contributed by atoms with Crippen molar-refractivity contribution in [3.8, 4) is 0 Å². The SMILES string of the molecule is CCc1ccccc1S(=O)(=O)NC[C@@H]1C[C@H]1c1cccnc1. The smallest absolute Gasteiger partial charge is 0.240 e. The number of aryl methyl sites for hydroxylation is 1. The molecule has 0 unspecified atom stereocenters. The highest BCUT2D eigenvalue weighted by molar-refractivity contribution is 7.89. The van der Waals surface area contributed by atoms with E-state index in [1.165, 1.54) is 5.56 Å². The summed E-state index contributed by atoms with van der Waals surface area (Å²) in [6.07, 6.45) is 5.35. The Hall–Kier alpha value is -1.72. The van der Waals surface area contributed by atoms with Crippen LogP contribution in [0.15, 0.2) is 53.7 Å². The maximum Gasteiger partial charge on any atom is 0.240 e. The Labute approximate surface area is 131 Å². The average Bonchev–Trinajstić information content (AvgIpc) is 3.34. The van der Waals surface area contributed by atoms with Crippen LogP contribution in [0.3, 0.4) is 0 Å². The first-order valence-corrected chi connectivity index (χ1v) is 9.07. The van der Waals surface area contributed by atoms with Gasteiger partial charge in [-0.1, -0.05) is 31.2 Å².